The van der Waals surface area contributed by atoms with Gasteiger partial charge in [-0.15, -0.1) is 0 Å². The maximum atomic E-state index is 12.7. The molecule has 8 nitrogen and oxygen atoms in total. The number of unbranched alkanes of at least 4 members (excludes halogenated alkanes) is 1. The van der Waals surface area contributed by atoms with Crippen LogP contribution >= 0.6 is 0 Å². The van der Waals surface area contributed by atoms with Gasteiger partial charge in [0.05, 0.1) is 16.1 Å². The van der Waals surface area contributed by atoms with Crippen LogP contribution in [-0.4, -0.2) is 50.3 Å². The van der Waals surface area contributed by atoms with Gasteiger partial charge in [0, 0.05) is 19.3 Å². The number of nitrogens with zero attached hydrogens (tertiary/aromatic N) is 1. The van der Waals surface area contributed by atoms with E-state index in [0.29, 0.717) is 11.3 Å². The Kier molecular flexibility index (Phi) is 9.92. The van der Waals surface area contributed by atoms with Gasteiger partial charge >= 0.3 is 18.1 Å². The van der Waals surface area contributed by atoms with Gasteiger partial charge in [-0.2, -0.15) is 13.2 Å². The minimum atomic E-state index is -5.08. The molecule has 0 aromatic heterocycles. The number of hydrogen-bond acceptors (Lipinski definition) is 5. The fourth-order valence-corrected chi connectivity index (χ4v) is 4.21. The van der Waals surface area contributed by atoms with Gasteiger partial charge in [-0.05, 0) is 50.1 Å². The zero-order valence-electron chi connectivity index (χ0n) is 19.1. The lowest BCUT2D eigenvalue weighted by Gasteiger charge is -2.22. The number of rotatable bonds is 8. The summed E-state index contributed by atoms with van der Waals surface area (Å²) in [5.74, 6) is -3.85. The van der Waals surface area contributed by atoms with E-state index >= 15 is 0 Å². The fraction of sp³-hybridized carbons (Fsp3) is 0.364. The van der Waals surface area contributed by atoms with Crippen LogP contribution < -0.4 is 9.62 Å². The highest BCUT2D eigenvalue weighted by atomic mass is 32.2. The van der Waals surface area contributed by atoms with E-state index in [1.165, 1.54) is 6.07 Å². The first-order valence-corrected chi connectivity index (χ1v) is 11.6. The topological polar surface area (TPSA) is 124 Å². The number of aryl methyl sites for hydroxylation is 2. The molecule has 0 bridgehead atoms. The number of halogens is 3. The molecule has 2 aromatic carbocycles. The number of carboxylic acid groups (broad SMARTS) is 2. The summed E-state index contributed by atoms with van der Waals surface area (Å²) < 4.78 is 59.6. The molecule has 0 saturated heterocycles. The second-order valence-electron chi connectivity index (χ2n) is 7.49. The summed E-state index contributed by atoms with van der Waals surface area (Å²) in [6.45, 7) is 6.42. The van der Waals surface area contributed by atoms with Crippen LogP contribution in [-0.2, 0) is 14.8 Å². The summed E-state index contributed by atoms with van der Waals surface area (Å²) in [6, 6.07) is 9.67. The van der Waals surface area contributed by atoms with Crippen LogP contribution in [0.25, 0.3) is 0 Å². The quantitative estimate of drug-likeness (QED) is 0.477. The third-order valence-electron chi connectivity index (χ3n) is 4.60. The average Bonchev–Trinajstić information content (AvgIpc) is 2.71. The zero-order valence-corrected chi connectivity index (χ0v) is 19.9. The molecule has 2 rings (SSSR count). The van der Waals surface area contributed by atoms with Gasteiger partial charge in [0.2, 0.25) is 0 Å². The molecular formula is C22H27F3N2O6S. The summed E-state index contributed by atoms with van der Waals surface area (Å²) in [6.07, 6.45) is -3.14. The number of benzene rings is 2. The van der Waals surface area contributed by atoms with E-state index in [0.717, 1.165) is 24.9 Å². The first kappa shape index (κ1) is 28.8. The van der Waals surface area contributed by atoms with Crippen molar-refractivity contribution in [2.24, 2.45) is 0 Å². The van der Waals surface area contributed by atoms with E-state index in [2.05, 4.69) is 11.6 Å². The molecule has 0 amide bonds. The summed E-state index contributed by atoms with van der Waals surface area (Å²) in [4.78, 5) is 22.6. The Morgan fingerprint density at radius 1 is 1.06 bits per heavy atom. The Balaban J connectivity index is 0.000000718. The third-order valence-corrected chi connectivity index (χ3v) is 6.14. The number of aliphatic carboxylic acids is 1. The average molecular weight is 505 g/mol. The van der Waals surface area contributed by atoms with Crippen LogP contribution in [0.5, 0.6) is 0 Å². The Hall–Kier alpha value is -3.28. The number of nitrogens with one attached hydrogen (secondary N) is 1. The van der Waals surface area contributed by atoms with Crippen LogP contribution in [0.1, 0.15) is 41.3 Å². The summed E-state index contributed by atoms with van der Waals surface area (Å²) in [7, 11) is -1.98. The van der Waals surface area contributed by atoms with E-state index in [1.807, 2.05) is 18.9 Å². The molecule has 0 aliphatic rings. The first-order chi connectivity index (χ1) is 15.6. The highest BCUT2D eigenvalue weighted by Crippen LogP contribution is 2.26. The predicted molar refractivity (Wildman–Crippen MR) is 122 cm³/mol. The van der Waals surface area contributed by atoms with Crippen molar-refractivity contribution >= 4 is 33.3 Å². The van der Waals surface area contributed by atoms with Crippen molar-refractivity contribution in [1.29, 1.82) is 0 Å². The summed E-state index contributed by atoms with van der Waals surface area (Å²) in [5, 5.41) is 16.7. The van der Waals surface area contributed by atoms with Gasteiger partial charge < -0.3 is 15.1 Å². The van der Waals surface area contributed by atoms with Crippen LogP contribution in [0.4, 0.5) is 24.5 Å². The van der Waals surface area contributed by atoms with E-state index in [9.17, 15) is 31.5 Å². The molecular weight excluding hydrogens is 477 g/mol. The van der Waals surface area contributed by atoms with Gasteiger partial charge in [0.15, 0.2) is 0 Å². The smallest absolute Gasteiger partial charge is 0.478 e. The number of alkyl halides is 3. The van der Waals surface area contributed by atoms with E-state index in [4.69, 9.17) is 9.90 Å². The van der Waals surface area contributed by atoms with Crippen molar-refractivity contribution < 1.29 is 41.4 Å². The Bertz CT molecular complexity index is 1130. The Morgan fingerprint density at radius 2 is 1.65 bits per heavy atom. The molecule has 188 valence electrons. The monoisotopic (exact) mass is 504 g/mol. The van der Waals surface area contributed by atoms with Gasteiger partial charge in [0.25, 0.3) is 10.0 Å². The number of carboxylic acids is 2. The van der Waals surface area contributed by atoms with Crippen LogP contribution in [0.3, 0.4) is 0 Å². The van der Waals surface area contributed by atoms with Crippen molar-refractivity contribution in [3.63, 3.8) is 0 Å². The number of sulfonamides is 1. The van der Waals surface area contributed by atoms with E-state index in [1.54, 1.807) is 37.3 Å². The van der Waals surface area contributed by atoms with Crippen LogP contribution in [0.15, 0.2) is 41.3 Å². The fourth-order valence-electron chi connectivity index (χ4n) is 2.93. The molecule has 2 aromatic rings. The van der Waals surface area contributed by atoms with E-state index in [-0.39, 0.29) is 16.1 Å². The molecule has 0 saturated carbocycles. The molecule has 0 aliphatic heterocycles. The molecule has 12 heteroatoms. The van der Waals surface area contributed by atoms with Crippen molar-refractivity contribution in [3.05, 3.63) is 53.1 Å². The maximum absolute atomic E-state index is 12.7. The number of anilines is 2. The van der Waals surface area contributed by atoms with Gasteiger partial charge in [-0.1, -0.05) is 31.0 Å². The molecule has 0 unspecified atom stereocenters. The molecule has 3 N–H and O–H groups in total. The van der Waals surface area contributed by atoms with E-state index < -0.39 is 28.1 Å². The molecule has 0 radical (unpaired) electrons. The highest BCUT2D eigenvalue weighted by molar-refractivity contribution is 7.92. The minimum absolute atomic E-state index is 0.0643. The largest absolute Gasteiger partial charge is 0.490 e. The molecule has 0 heterocycles. The predicted octanol–water partition coefficient (Wildman–Crippen LogP) is 4.67. The molecule has 34 heavy (non-hydrogen) atoms. The van der Waals surface area contributed by atoms with Gasteiger partial charge in [-0.3, -0.25) is 4.72 Å². The van der Waals surface area contributed by atoms with Crippen LogP contribution in [0, 0.1) is 13.8 Å². The third kappa shape index (κ3) is 8.25. The SMILES string of the molecule is CCCCN(C)c1ccc(NS(=O)(=O)c2ccc(C)cc2C)cc1C(=O)O.O=C(O)C(F)(F)F. The number of hydrogen-bond donors (Lipinski definition) is 3. The van der Waals surface area contributed by atoms with Crippen molar-refractivity contribution in [3.8, 4) is 0 Å². The lowest BCUT2D eigenvalue weighted by Crippen LogP contribution is -2.21. The molecule has 0 spiro atoms. The van der Waals surface area contributed by atoms with Gasteiger partial charge in [-0.25, -0.2) is 18.0 Å². The maximum Gasteiger partial charge on any atom is 0.490 e. The molecule has 0 fully saturated rings. The second kappa shape index (κ2) is 11.7. The second-order valence-corrected chi connectivity index (χ2v) is 9.14. The van der Waals surface area contributed by atoms with Crippen molar-refractivity contribution in [1.82, 2.24) is 0 Å². The Labute approximate surface area is 196 Å². The standard InChI is InChI=1S/C20H26N2O4S.C2HF3O2/c1-5-6-11-22(4)18-9-8-16(13-17(18)20(23)24)21-27(25,26)19-10-7-14(2)12-15(19)3;3-2(4,5)1(6)7/h7-10,12-13,21H,5-6,11H2,1-4H3,(H,23,24);(H,6,7). The number of aromatic carboxylic acids is 1. The van der Waals surface area contributed by atoms with Crippen molar-refractivity contribution in [2.75, 3.05) is 23.2 Å². The van der Waals surface area contributed by atoms with Gasteiger partial charge in [0.1, 0.15) is 0 Å². The Morgan fingerprint density at radius 3 is 2.12 bits per heavy atom. The summed E-state index contributed by atoms with van der Waals surface area (Å²) >= 11 is 0. The molecule has 0 atom stereocenters. The highest BCUT2D eigenvalue weighted by Gasteiger charge is 2.38. The normalized spacial score (nSPS) is 11.3. The summed E-state index contributed by atoms with van der Waals surface area (Å²) in [5.41, 5.74) is 2.45. The zero-order chi connectivity index (χ0) is 26.3. The molecule has 0 aliphatic carbocycles. The number of carbonyl (C=O) groups is 2. The first-order valence-electron chi connectivity index (χ1n) is 10.1. The minimum Gasteiger partial charge on any atom is -0.478 e. The van der Waals surface area contributed by atoms with Crippen molar-refractivity contribution in [2.45, 2.75) is 44.7 Å². The lowest BCUT2D eigenvalue weighted by molar-refractivity contribution is -0.192. The van der Waals surface area contributed by atoms with Crippen LogP contribution in [0.2, 0.25) is 0 Å². The lowest BCUT2D eigenvalue weighted by atomic mass is 10.1.